The molecule has 0 bridgehead atoms. The van der Waals surface area contributed by atoms with E-state index in [4.69, 9.17) is 8.85 Å². The highest BCUT2D eigenvalue weighted by atomic mass is 28.4. The smallest absolute Gasteiger partial charge is 0.344 e. The summed E-state index contributed by atoms with van der Waals surface area (Å²) in [6, 6.07) is 0. The lowest BCUT2D eigenvalue weighted by Crippen LogP contribution is -2.53. The molecular weight excluding hydrogens is 264 g/mol. The van der Waals surface area contributed by atoms with Crippen molar-refractivity contribution in [2.75, 3.05) is 13.2 Å². The van der Waals surface area contributed by atoms with Crippen LogP contribution in [0.25, 0.3) is 0 Å². The first-order chi connectivity index (χ1) is 9.65. The van der Waals surface area contributed by atoms with Crippen LogP contribution in [0.5, 0.6) is 0 Å². The second kappa shape index (κ2) is 7.41. The van der Waals surface area contributed by atoms with Gasteiger partial charge in [-0.25, -0.2) is 0 Å². The zero-order valence-electron chi connectivity index (χ0n) is 14.0. The third kappa shape index (κ3) is 3.15. The molecule has 3 unspecified atom stereocenters. The molecule has 0 heterocycles. The van der Waals surface area contributed by atoms with E-state index in [1.807, 2.05) is 0 Å². The van der Waals surface area contributed by atoms with Crippen molar-refractivity contribution in [3.8, 4) is 0 Å². The van der Waals surface area contributed by atoms with Crippen molar-refractivity contribution in [1.82, 2.24) is 0 Å². The summed E-state index contributed by atoms with van der Waals surface area (Å²) >= 11 is 0. The summed E-state index contributed by atoms with van der Waals surface area (Å²) in [4.78, 5) is 0. The fourth-order valence-electron chi connectivity index (χ4n) is 4.68. The van der Waals surface area contributed by atoms with Gasteiger partial charge in [0.2, 0.25) is 0 Å². The van der Waals surface area contributed by atoms with Crippen molar-refractivity contribution < 1.29 is 8.85 Å². The summed E-state index contributed by atoms with van der Waals surface area (Å²) < 4.78 is 13.1. The Labute approximate surface area is 126 Å². The van der Waals surface area contributed by atoms with E-state index in [0.29, 0.717) is 0 Å². The summed E-state index contributed by atoms with van der Waals surface area (Å²) in [5.41, 5.74) is 1.47. The second-order valence-corrected chi connectivity index (χ2v) is 10.5. The Bertz CT molecular complexity index is 283. The fraction of sp³-hybridized carbons (Fsp3) is 1.00. The van der Waals surface area contributed by atoms with Crippen LogP contribution >= 0.6 is 0 Å². The summed E-state index contributed by atoms with van der Waals surface area (Å²) in [5.74, 6) is 1.62. The van der Waals surface area contributed by atoms with Crippen molar-refractivity contribution >= 4 is 8.56 Å². The molecule has 2 saturated carbocycles. The van der Waals surface area contributed by atoms with E-state index >= 15 is 0 Å². The van der Waals surface area contributed by atoms with Crippen LogP contribution in [0.15, 0.2) is 0 Å². The Hall–Kier alpha value is 0.137. The molecule has 2 aliphatic carbocycles. The molecule has 2 fully saturated rings. The second-order valence-electron chi connectivity index (χ2n) is 6.94. The van der Waals surface area contributed by atoms with Gasteiger partial charge in [-0.05, 0) is 44.9 Å². The zero-order valence-corrected chi connectivity index (χ0v) is 15.0. The Morgan fingerprint density at radius 2 is 1.45 bits per heavy atom. The Morgan fingerprint density at radius 1 is 0.850 bits per heavy atom. The maximum Gasteiger partial charge on any atom is 0.344 e. The maximum absolute atomic E-state index is 6.53. The zero-order chi connectivity index (χ0) is 14.6. The van der Waals surface area contributed by atoms with Crippen LogP contribution < -0.4 is 0 Å². The molecule has 3 atom stereocenters. The van der Waals surface area contributed by atoms with E-state index < -0.39 is 8.56 Å². The van der Waals surface area contributed by atoms with Gasteiger partial charge >= 0.3 is 8.56 Å². The average molecular weight is 299 g/mol. The molecule has 20 heavy (non-hydrogen) atoms. The fourth-order valence-corrected chi connectivity index (χ4v) is 10.0. The third-order valence-corrected chi connectivity index (χ3v) is 10.9. The van der Waals surface area contributed by atoms with Gasteiger partial charge in [-0.2, -0.15) is 0 Å². The topological polar surface area (TPSA) is 18.5 Å². The minimum Gasteiger partial charge on any atom is -0.394 e. The predicted octanol–water partition coefficient (Wildman–Crippen LogP) is 5.27. The molecule has 2 rings (SSSR count). The molecule has 3 heteroatoms. The van der Waals surface area contributed by atoms with E-state index in [1.165, 1.54) is 44.9 Å². The SMILES string of the molecule is CCO[Si](OCC)(C1CCCCC1)C1CCC(C)C1C. The van der Waals surface area contributed by atoms with Crippen LogP contribution in [0.4, 0.5) is 0 Å². The summed E-state index contributed by atoms with van der Waals surface area (Å²) in [6.07, 6.45) is 9.59. The van der Waals surface area contributed by atoms with E-state index in [-0.39, 0.29) is 0 Å². The van der Waals surface area contributed by atoms with Crippen molar-refractivity contribution in [2.45, 2.75) is 83.7 Å². The molecule has 2 nitrogen and oxygen atoms in total. The van der Waals surface area contributed by atoms with Crippen molar-refractivity contribution in [1.29, 1.82) is 0 Å². The Balaban J connectivity index is 2.25. The first-order valence-corrected chi connectivity index (χ1v) is 10.9. The van der Waals surface area contributed by atoms with Gasteiger partial charge in [-0.1, -0.05) is 39.5 Å². The van der Waals surface area contributed by atoms with Crippen LogP contribution in [-0.2, 0) is 8.85 Å². The van der Waals surface area contributed by atoms with Gasteiger partial charge in [0.1, 0.15) is 0 Å². The largest absolute Gasteiger partial charge is 0.394 e. The molecule has 0 spiro atoms. The minimum atomic E-state index is -2.07. The van der Waals surface area contributed by atoms with Crippen LogP contribution in [-0.4, -0.2) is 21.8 Å². The van der Waals surface area contributed by atoms with Gasteiger partial charge < -0.3 is 8.85 Å². The molecule has 2 aliphatic rings. The lowest BCUT2D eigenvalue weighted by Gasteiger charge is -2.44. The highest BCUT2D eigenvalue weighted by Gasteiger charge is 2.56. The summed E-state index contributed by atoms with van der Waals surface area (Å²) in [7, 11) is -2.07. The van der Waals surface area contributed by atoms with Crippen LogP contribution in [0.2, 0.25) is 11.1 Å². The third-order valence-electron chi connectivity index (χ3n) is 5.90. The van der Waals surface area contributed by atoms with Gasteiger partial charge in [-0.3, -0.25) is 0 Å². The predicted molar refractivity (Wildman–Crippen MR) is 87.2 cm³/mol. The molecule has 118 valence electrons. The molecule has 0 aromatic heterocycles. The van der Waals surface area contributed by atoms with Crippen molar-refractivity contribution in [3.05, 3.63) is 0 Å². The van der Waals surface area contributed by atoms with E-state index in [9.17, 15) is 0 Å². The number of rotatable bonds is 6. The Kier molecular flexibility index (Phi) is 6.12. The minimum absolute atomic E-state index is 0.723. The Morgan fingerprint density at radius 3 is 1.90 bits per heavy atom. The van der Waals surface area contributed by atoms with Gasteiger partial charge in [-0.15, -0.1) is 0 Å². The maximum atomic E-state index is 6.53. The van der Waals surface area contributed by atoms with Crippen LogP contribution in [0.1, 0.15) is 72.6 Å². The summed E-state index contributed by atoms with van der Waals surface area (Å²) in [6.45, 7) is 10.9. The van der Waals surface area contributed by atoms with Crippen molar-refractivity contribution in [3.63, 3.8) is 0 Å². The van der Waals surface area contributed by atoms with Crippen molar-refractivity contribution in [2.24, 2.45) is 11.8 Å². The highest BCUT2D eigenvalue weighted by Crippen LogP contribution is 2.54. The molecule has 0 aromatic rings. The average Bonchev–Trinajstić information content (AvgIpc) is 2.80. The highest BCUT2D eigenvalue weighted by molar-refractivity contribution is 6.70. The van der Waals surface area contributed by atoms with Gasteiger partial charge in [0, 0.05) is 24.3 Å². The van der Waals surface area contributed by atoms with Gasteiger partial charge in [0.15, 0.2) is 0 Å². The quantitative estimate of drug-likeness (QED) is 0.622. The molecule has 0 aromatic carbocycles. The standard InChI is InChI=1S/C17H34O2Si/c1-5-18-20(19-6-2,16-10-8-7-9-11-16)17-13-12-14(3)15(17)4/h14-17H,5-13H2,1-4H3. The monoisotopic (exact) mass is 298 g/mol. The number of hydrogen-bond donors (Lipinski definition) is 0. The molecule has 0 N–H and O–H groups in total. The first kappa shape index (κ1) is 16.5. The van der Waals surface area contributed by atoms with Gasteiger partial charge in [0.25, 0.3) is 0 Å². The van der Waals surface area contributed by atoms with Gasteiger partial charge in [0.05, 0.1) is 0 Å². The summed E-state index contributed by atoms with van der Waals surface area (Å²) in [5, 5.41) is 0. The molecule has 0 radical (unpaired) electrons. The van der Waals surface area contributed by atoms with Crippen LogP contribution in [0, 0.1) is 11.8 Å². The molecule has 0 aliphatic heterocycles. The number of hydrogen-bond acceptors (Lipinski definition) is 2. The molecular formula is C17H34O2Si. The van der Waals surface area contributed by atoms with E-state index in [2.05, 4.69) is 27.7 Å². The molecule has 0 saturated heterocycles. The van der Waals surface area contributed by atoms with E-state index in [1.54, 1.807) is 0 Å². The lowest BCUT2D eigenvalue weighted by atomic mass is 10.00. The first-order valence-electron chi connectivity index (χ1n) is 8.93. The van der Waals surface area contributed by atoms with Crippen LogP contribution in [0.3, 0.4) is 0 Å². The normalized spacial score (nSPS) is 32.7. The lowest BCUT2D eigenvalue weighted by molar-refractivity contribution is 0.146. The van der Waals surface area contributed by atoms with E-state index in [0.717, 1.165) is 36.1 Å². The molecule has 0 amide bonds.